The Kier molecular flexibility index (Phi) is 5.20. The lowest BCUT2D eigenvalue weighted by atomic mass is 10.0. The summed E-state index contributed by atoms with van der Waals surface area (Å²) in [6.07, 6.45) is 2.28. The molecule has 0 spiro atoms. The summed E-state index contributed by atoms with van der Waals surface area (Å²) >= 11 is 0. The van der Waals surface area contributed by atoms with Gasteiger partial charge in [-0.05, 0) is 25.3 Å². The largest absolute Gasteiger partial charge is 0.490 e. The Balaban J connectivity index is 1.70. The number of anilines is 1. The fourth-order valence-corrected chi connectivity index (χ4v) is 3.83. The van der Waals surface area contributed by atoms with Gasteiger partial charge in [-0.15, -0.1) is 0 Å². The predicted octanol–water partition coefficient (Wildman–Crippen LogP) is 1.79. The molecule has 2 heterocycles. The van der Waals surface area contributed by atoms with Crippen molar-refractivity contribution in [2.45, 2.75) is 25.8 Å². The Labute approximate surface area is 142 Å². The minimum Gasteiger partial charge on any atom is -0.490 e. The van der Waals surface area contributed by atoms with Crippen LogP contribution < -0.4 is 15.0 Å². The standard InChI is InChI=1S/C17H26N4O3/c1-13-11-16(21(22)23)17(24-2)12-15(13)20-7-3-14(4-8-20)19-9-5-18-6-10-19/h11-12,14,18H,3-10H2,1-2H3. The molecular weight excluding hydrogens is 308 g/mol. The van der Waals surface area contributed by atoms with Crippen LogP contribution in [0.25, 0.3) is 0 Å². The van der Waals surface area contributed by atoms with Crippen LogP contribution in [0.15, 0.2) is 12.1 Å². The second-order valence-corrected chi connectivity index (χ2v) is 6.57. The van der Waals surface area contributed by atoms with E-state index in [9.17, 15) is 10.1 Å². The molecule has 0 atom stereocenters. The molecule has 3 rings (SSSR count). The van der Waals surface area contributed by atoms with Crippen LogP contribution in [0.1, 0.15) is 18.4 Å². The molecule has 2 aliphatic heterocycles. The molecule has 0 amide bonds. The average Bonchev–Trinajstić information content (AvgIpc) is 2.62. The van der Waals surface area contributed by atoms with Crippen molar-refractivity contribution in [1.82, 2.24) is 10.2 Å². The number of piperazine rings is 1. The molecule has 7 heteroatoms. The van der Waals surface area contributed by atoms with Gasteiger partial charge in [-0.3, -0.25) is 15.0 Å². The van der Waals surface area contributed by atoms with Crippen molar-refractivity contribution in [3.8, 4) is 5.75 Å². The zero-order chi connectivity index (χ0) is 17.1. The van der Waals surface area contributed by atoms with E-state index in [-0.39, 0.29) is 10.6 Å². The van der Waals surface area contributed by atoms with E-state index in [0.29, 0.717) is 11.8 Å². The lowest BCUT2D eigenvalue weighted by Gasteiger charge is -2.41. The van der Waals surface area contributed by atoms with Crippen LogP contribution >= 0.6 is 0 Å². The molecule has 2 fully saturated rings. The van der Waals surface area contributed by atoms with Gasteiger partial charge in [0.2, 0.25) is 0 Å². The van der Waals surface area contributed by atoms with Gasteiger partial charge in [0.15, 0.2) is 5.75 Å². The molecule has 1 N–H and O–H groups in total. The highest BCUT2D eigenvalue weighted by Crippen LogP contribution is 2.35. The first-order valence-corrected chi connectivity index (χ1v) is 8.63. The van der Waals surface area contributed by atoms with Crippen LogP contribution in [0.3, 0.4) is 0 Å². The summed E-state index contributed by atoms with van der Waals surface area (Å²) in [7, 11) is 1.48. The molecule has 7 nitrogen and oxygen atoms in total. The van der Waals surface area contributed by atoms with E-state index >= 15 is 0 Å². The molecule has 132 valence electrons. The smallest absolute Gasteiger partial charge is 0.311 e. The van der Waals surface area contributed by atoms with Crippen LogP contribution in [0, 0.1) is 17.0 Å². The summed E-state index contributed by atoms with van der Waals surface area (Å²) in [6, 6.07) is 4.10. The van der Waals surface area contributed by atoms with Crippen LogP contribution in [0.5, 0.6) is 5.75 Å². The Morgan fingerprint density at radius 3 is 2.46 bits per heavy atom. The SMILES string of the molecule is COc1cc(N2CCC(N3CCNCC3)CC2)c(C)cc1[N+](=O)[O-]. The Morgan fingerprint density at radius 1 is 1.21 bits per heavy atom. The fourth-order valence-electron chi connectivity index (χ4n) is 3.83. The molecule has 2 saturated heterocycles. The minimum absolute atomic E-state index is 0.0365. The molecule has 0 unspecified atom stereocenters. The van der Waals surface area contributed by atoms with E-state index in [2.05, 4.69) is 15.1 Å². The average molecular weight is 334 g/mol. The van der Waals surface area contributed by atoms with Crippen molar-refractivity contribution >= 4 is 11.4 Å². The third-order valence-electron chi connectivity index (χ3n) is 5.17. The number of nitrogens with zero attached hydrogens (tertiary/aromatic N) is 3. The predicted molar refractivity (Wildman–Crippen MR) is 94.1 cm³/mol. The second-order valence-electron chi connectivity index (χ2n) is 6.57. The van der Waals surface area contributed by atoms with Crippen molar-refractivity contribution in [1.29, 1.82) is 0 Å². The molecular formula is C17H26N4O3. The zero-order valence-corrected chi connectivity index (χ0v) is 14.5. The molecule has 1 aromatic rings. The van der Waals surface area contributed by atoms with Gasteiger partial charge in [0.1, 0.15) is 0 Å². The van der Waals surface area contributed by atoms with E-state index in [1.54, 1.807) is 6.07 Å². The van der Waals surface area contributed by atoms with Crippen molar-refractivity contribution in [3.63, 3.8) is 0 Å². The molecule has 0 aromatic heterocycles. The number of rotatable bonds is 4. The Bertz CT molecular complexity index is 594. The monoisotopic (exact) mass is 334 g/mol. The summed E-state index contributed by atoms with van der Waals surface area (Å²) in [5.41, 5.74) is 2.02. The van der Waals surface area contributed by atoms with Gasteiger partial charge in [0, 0.05) is 63.1 Å². The Hall–Kier alpha value is -1.86. The number of nitrogens with one attached hydrogen (secondary N) is 1. The highest BCUT2D eigenvalue weighted by Gasteiger charge is 2.27. The third kappa shape index (κ3) is 3.47. The van der Waals surface area contributed by atoms with Gasteiger partial charge < -0.3 is 15.0 Å². The maximum Gasteiger partial charge on any atom is 0.311 e. The number of nitro benzene ring substituents is 1. The molecule has 0 radical (unpaired) electrons. The van der Waals surface area contributed by atoms with Gasteiger partial charge in [-0.1, -0.05) is 0 Å². The van der Waals surface area contributed by atoms with Crippen molar-refractivity contribution in [2.24, 2.45) is 0 Å². The Morgan fingerprint density at radius 2 is 1.88 bits per heavy atom. The summed E-state index contributed by atoms with van der Waals surface area (Å²) in [4.78, 5) is 15.7. The summed E-state index contributed by atoms with van der Waals surface area (Å²) in [5, 5.41) is 14.5. The minimum atomic E-state index is -0.383. The fraction of sp³-hybridized carbons (Fsp3) is 0.647. The highest BCUT2D eigenvalue weighted by atomic mass is 16.6. The first-order valence-electron chi connectivity index (χ1n) is 8.63. The van der Waals surface area contributed by atoms with Gasteiger partial charge >= 0.3 is 5.69 Å². The van der Waals surface area contributed by atoms with Gasteiger partial charge in [-0.25, -0.2) is 0 Å². The molecule has 2 aliphatic rings. The van der Waals surface area contributed by atoms with Gasteiger partial charge in [-0.2, -0.15) is 0 Å². The topological polar surface area (TPSA) is 70.9 Å². The van der Waals surface area contributed by atoms with E-state index in [0.717, 1.165) is 63.4 Å². The summed E-state index contributed by atoms with van der Waals surface area (Å²) < 4.78 is 5.23. The van der Waals surface area contributed by atoms with Crippen molar-refractivity contribution in [2.75, 3.05) is 51.3 Å². The zero-order valence-electron chi connectivity index (χ0n) is 14.5. The van der Waals surface area contributed by atoms with Gasteiger partial charge in [0.05, 0.1) is 12.0 Å². The quantitative estimate of drug-likeness (QED) is 0.669. The van der Waals surface area contributed by atoms with E-state index in [1.807, 2.05) is 13.0 Å². The van der Waals surface area contributed by atoms with Crippen LogP contribution in [-0.4, -0.2) is 62.2 Å². The first kappa shape index (κ1) is 17.0. The lowest BCUT2D eigenvalue weighted by Crippen LogP contribution is -2.52. The number of hydrogen-bond donors (Lipinski definition) is 1. The molecule has 0 bridgehead atoms. The number of nitro groups is 1. The summed E-state index contributed by atoms with van der Waals surface area (Å²) in [5.74, 6) is 0.338. The third-order valence-corrected chi connectivity index (χ3v) is 5.17. The van der Waals surface area contributed by atoms with Crippen molar-refractivity contribution in [3.05, 3.63) is 27.8 Å². The summed E-state index contributed by atoms with van der Waals surface area (Å²) in [6.45, 7) is 8.33. The number of ether oxygens (including phenoxy) is 1. The normalized spacial score (nSPS) is 20.2. The number of methoxy groups -OCH3 is 1. The van der Waals surface area contributed by atoms with E-state index in [4.69, 9.17) is 4.74 Å². The number of aryl methyl sites for hydroxylation is 1. The van der Waals surface area contributed by atoms with E-state index < -0.39 is 0 Å². The van der Waals surface area contributed by atoms with Crippen LogP contribution in [-0.2, 0) is 0 Å². The van der Waals surface area contributed by atoms with Gasteiger partial charge in [0.25, 0.3) is 0 Å². The van der Waals surface area contributed by atoms with Crippen LogP contribution in [0.4, 0.5) is 11.4 Å². The first-order chi connectivity index (χ1) is 11.6. The molecule has 1 aromatic carbocycles. The number of piperidine rings is 1. The molecule has 24 heavy (non-hydrogen) atoms. The number of hydrogen-bond acceptors (Lipinski definition) is 6. The second kappa shape index (κ2) is 7.36. The molecule has 0 aliphatic carbocycles. The maximum atomic E-state index is 11.1. The highest BCUT2D eigenvalue weighted by molar-refractivity contribution is 5.64. The molecule has 0 saturated carbocycles. The lowest BCUT2D eigenvalue weighted by molar-refractivity contribution is -0.385. The maximum absolute atomic E-state index is 11.1. The van der Waals surface area contributed by atoms with Crippen molar-refractivity contribution < 1.29 is 9.66 Å². The van der Waals surface area contributed by atoms with Crippen LogP contribution in [0.2, 0.25) is 0 Å². The van der Waals surface area contributed by atoms with E-state index in [1.165, 1.54) is 7.11 Å². The number of benzene rings is 1.